The predicted molar refractivity (Wildman–Crippen MR) is 71.7 cm³/mol. The minimum Gasteiger partial charge on any atom is -0.482 e. The van der Waals surface area contributed by atoms with Crippen molar-refractivity contribution in [3.8, 4) is 11.5 Å². The van der Waals surface area contributed by atoms with Crippen molar-refractivity contribution in [2.24, 2.45) is 0 Å². The normalized spacial score (nSPS) is 20.9. The monoisotopic (exact) mass is 276 g/mol. The summed E-state index contributed by atoms with van der Waals surface area (Å²) in [4.78, 5) is 16.1. The molecule has 98 valence electrons. The van der Waals surface area contributed by atoms with Gasteiger partial charge in [-0.25, -0.2) is 4.98 Å². The standard InChI is InChI=1S/C13H12N2O3S/c1-8-11(12(16)15-13-14-6-7-19-13)18-10-5-3-2-4-9(10)17-8/h2-8,11H,1H3,(H,14,15,16)/t8-,11+/m0/s1. The van der Waals surface area contributed by atoms with Crippen molar-refractivity contribution in [3.63, 3.8) is 0 Å². The van der Waals surface area contributed by atoms with Gasteiger partial charge in [0.2, 0.25) is 6.10 Å². The van der Waals surface area contributed by atoms with Crippen LogP contribution in [0.2, 0.25) is 0 Å². The van der Waals surface area contributed by atoms with Crippen molar-refractivity contribution < 1.29 is 14.3 Å². The van der Waals surface area contributed by atoms with Crippen LogP contribution in [0.4, 0.5) is 5.13 Å². The summed E-state index contributed by atoms with van der Waals surface area (Å²) in [5.41, 5.74) is 0. The number of nitrogens with one attached hydrogen (secondary N) is 1. The summed E-state index contributed by atoms with van der Waals surface area (Å²) in [5.74, 6) is 0.991. The van der Waals surface area contributed by atoms with Crippen molar-refractivity contribution in [1.29, 1.82) is 0 Å². The molecule has 2 atom stereocenters. The van der Waals surface area contributed by atoms with Crippen LogP contribution in [-0.2, 0) is 4.79 Å². The largest absolute Gasteiger partial charge is 0.482 e. The van der Waals surface area contributed by atoms with Crippen LogP contribution in [-0.4, -0.2) is 23.1 Å². The van der Waals surface area contributed by atoms with E-state index in [-0.39, 0.29) is 12.0 Å². The van der Waals surface area contributed by atoms with E-state index in [1.54, 1.807) is 17.6 Å². The quantitative estimate of drug-likeness (QED) is 0.914. The Labute approximate surface area is 114 Å². The molecule has 1 aliphatic heterocycles. The molecule has 5 nitrogen and oxygen atoms in total. The van der Waals surface area contributed by atoms with Gasteiger partial charge in [0.1, 0.15) is 6.10 Å². The van der Waals surface area contributed by atoms with Crippen LogP contribution in [0.5, 0.6) is 11.5 Å². The second-order valence-electron chi connectivity index (χ2n) is 4.13. The average Bonchev–Trinajstić information content (AvgIpc) is 2.90. The van der Waals surface area contributed by atoms with Gasteiger partial charge in [0.15, 0.2) is 16.6 Å². The molecule has 0 spiro atoms. The Balaban J connectivity index is 1.77. The third-order valence-electron chi connectivity index (χ3n) is 2.76. The Morgan fingerprint density at radius 2 is 2.05 bits per heavy atom. The van der Waals surface area contributed by atoms with Crippen molar-refractivity contribution in [2.75, 3.05) is 5.32 Å². The van der Waals surface area contributed by atoms with Gasteiger partial charge >= 0.3 is 0 Å². The molecule has 0 saturated carbocycles. The van der Waals surface area contributed by atoms with E-state index in [9.17, 15) is 4.79 Å². The van der Waals surface area contributed by atoms with Crippen LogP contribution < -0.4 is 14.8 Å². The van der Waals surface area contributed by atoms with E-state index in [0.29, 0.717) is 16.6 Å². The van der Waals surface area contributed by atoms with E-state index < -0.39 is 6.10 Å². The summed E-state index contributed by atoms with van der Waals surface area (Å²) < 4.78 is 11.4. The Bertz CT molecular complexity index is 585. The molecule has 0 aliphatic carbocycles. The molecule has 19 heavy (non-hydrogen) atoms. The van der Waals surface area contributed by atoms with Crippen LogP contribution in [0.15, 0.2) is 35.8 Å². The lowest BCUT2D eigenvalue weighted by Gasteiger charge is -2.30. The molecule has 1 N–H and O–H groups in total. The molecule has 0 saturated heterocycles. The van der Waals surface area contributed by atoms with Gasteiger partial charge in [0.25, 0.3) is 5.91 Å². The van der Waals surface area contributed by atoms with E-state index in [0.717, 1.165) is 0 Å². The van der Waals surface area contributed by atoms with E-state index in [1.165, 1.54) is 11.3 Å². The smallest absolute Gasteiger partial charge is 0.271 e. The van der Waals surface area contributed by atoms with Gasteiger partial charge in [-0.1, -0.05) is 12.1 Å². The van der Waals surface area contributed by atoms with Crippen molar-refractivity contribution in [2.45, 2.75) is 19.1 Å². The third kappa shape index (κ3) is 2.39. The lowest BCUT2D eigenvalue weighted by molar-refractivity contribution is -0.128. The third-order valence-corrected chi connectivity index (χ3v) is 3.45. The van der Waals surface area contributed by atoms with E-state index >= 15 is 0 Å². The summed E-state index contributed by atoms with van der Waals surface area (Å²) >= 11 is 1.36. The fourth-order valence-electron chi connectivity index (χ4n) is 1.87. The first-order valence-corrected chi connectivity index (χ1v) is 6.75. The molecule has 3 rings (SSSR count). The number of carbonyl (C=O) groups excluding carboxylic acids is 1. The SMILES string of the molecule is C[C@@H]1Oc2ccccc2O[C@H]1C(=O)Nc1nccs1. The van der Waals surface area contributed by atoms with E-state index in [1.807, 2.05) is 25.1 Å². The number of hydrogen-bond acceptors (Lipinski definition) is 5. The second-order valence-corrected chi connectivity index (χ2v) is 5.03. The molecule has 0 radical (unpaired) electrons. The fraction of sp³-hybridized carbons (Fsp3) is 0.231. The minimum atomic E-state index is -0.682. The molecule has 1 aromatic carbocycles. The van der Waals surface area contributed by atoms with Crippen LogP contribution in [0.1, 0.15) is 6.92 Å². The number of benzene rings is 1. The molecular weight excluding hydrogens is 264 g/mol. The van der Waals surface area contributed by atoms with Gasteiger partial charge in [-0.3, -0.25) is 10.1 Å². The molecule has 6 heteroatoms. The number of fused-ring (bicyclic) bond motifs is 1. The zero-order valence-corrected chi connectivity index (χ0v) is 11.0. The number of amides is 1. The highest BCUT2D eigenvalue weighted by Crippen LogP contribution is 2.33. The maximum atomic E-state index is 12.1. The Morgan fingerprint density at radius 1 is 1.32 bits per heavy atom. The van der Waals surface area contributed by atoms with Gasteiger partial charge in [-0.05, 0) is 19.1 Å². The zero-order valence-electron chi connectivity index (χ0n) is 10.2. The van der Waals surface area contributed by atoms with Crippen molar-refractivity contribution in [3.05, 3.63) is 35.8 Å². The number of nitrogens with zero attached hydrogens (tertiary/aromatic N) is 1. The highest BCUT2D eigenvalue weighted by Gasteiger charge is 2.34. The maximum absolute atomic E-state index is 12.1. The van der Waals surface area contributed by atoms with Crippen LogP contribution >= 0.6 is 11.3 Å². The summed E-state index contributed by atoms with van der Waals surface area (Å²) in [6.45, 7) is 1.81. The molecule has 0 bridgehead atoms. The first-order valence-electron chi connectivity index (χ1n) is 5.87. The highest BCUT2D eigenvalue weighted by atomic mass is 32.1. The molecule has 1 aromatic heterocycles. The summed E-state index contributed by atoms with van der Waals surface area (Å²) in [5, 5.41) is 5.07. The van der Waals surface area contributed by atoms with Gasteiger partial charge in [0.05, 0.1) is 0 Å². The number of anilines is 1. The summed E-state index contributed by atoms with van der Waals surface area (Å²) in [7, 11) is 0. The van der Waals surface area contributed by atoms with Gasteiger partial charge in [-0.15, -0.1) is 11.3 Å². The van der Waals surface area contributed by atoms with Gasteiger partial charge in [-0.2, -0.15) is 0 Å². The van der Waals surface area contributed by atoms with Gasteiger partial charge < -0.3 is 9.47 Å². The number of rotatable bonds is 2. The maximum Gasteiger partial charge on any atom is 0.271 e. The molecule has 0 unspecified atom stereocenters. The first kappa shape index (κ1) is 12.0. The van der Waals surface area contributed by atoms with Crippen LogP contribution in [0.25, 0.3) is 0 Å². The molecule has 1 aliphatic rings. The second kappa shape index (κ2) is 4.89. The first-order chi connectivity index (χ1) is 9.24. The Morgan fingerprint density at radius 3 is 2.74 bits per heavy atom. The number of hydrogen-bond donors (Lipinski definition) is 1. The number of para-hydroxylation sites is 2. The molecule has 2 heterocycles. The van der Waals surface area contributed by atoms with Crippen molar-refractivity contribution in [1.82, 2.24) is 4.98 Å². The van der Waals surface area contributed by atoms with Crippen molar-refractivity contribution >= 4 is 22.4 Å². The predicted octanol–water partition coefficient (Wildman–Crippen LogP) is 2.31. The number of carbonyl (C=O) groups is 1. The zero-order chi connectivity index (χ0) is 13.2. The average molecular weight is 276 g/mol. The fourth-order valence-corrected chi connectivity index (χ4v) is 2.40. The Hall–Kier alpha value is -2.08. The molecule has 1 amide bonds. The highest BCUT2D eigenvalue weighted by molar-refractivity contribution is 7.13. The topological polar surface area (TPSA) is 60.5 Å². The van der Waals surface area contributed by atoms with E-state index in [2.05, 4.69) is 10.3 Å². The number of thiazole rings is 1. The summed E-state index contributed by atoms with van der Waals surface area (Å²) in [6.07, 6.45) is 0.603. The lowest BCUT2D eigenvalue weighted by Crippen LogP contribution is -2.46. The van der Waals surface area contributed by atoms with Crippen LogP contribution in [0, 0.1) is 0 Å². The Kier molecular flexibility index (Phi) is 3.08. The number of ether oxygens (including phenoxy) is 2. The minimum absolute atomic E-state index is 0.253. The molecule has 2 aromatic rings. The van der Waals surface area contributed by atoms with Gasteiger partial charge in [0, 0.05) is 11.6 Å². The summed E-state index contributed by atoms with van der Waals surface area (Å²) in [6, 6.07) is 7.31. The number of aromatic nitrogens is 1. The molecule has 0 fully saturated rings. The van der Waals surface area contributed by atoms with E-state index in [4.69, 9.17) is 9.47 Å². The van der Waals surface area contributed by atoms with Crippen LogP contribution in [0.3, 0.4) is 0 Å². The lowest BCUT2D eigenvalue weighted by atomic mass is 10.1. The molecular formula is C13H12N2O3S.